The van der Waals surface area contributed by atoms with E-state index in [2.05, 4.69) is 65.1 Å². The molecule has 0 fully saturated rings. The molecule has 34 heavy (non-hydrogen) atoms. The molecule has 3 aromatic rings. The van der Waals surface area contributed by atoms with E-state index in [4.69, 9.17) is 6.57 Å². The first kappa shape index (κ1) is 26.3. The molecule has 0 N–H and O–H groups in total. The Hall–Kier alpha value is -2.33. The summed E-state index contributed by atoms with van der Waals surface area (Å²) in [6.07, 6.45) is 11.4. The SMILES string of the molecule is [C-]#[N+]c1ccc(N(Cc2ccc[c]([Sn]([CH2]CCC)([CH2]CCC)[CH2]CCC)c2)n2cnnc2)cc1. The Morgan fingerprint density at radius 1 is 0.853 bits per heavy atom. The number of hydrogen-bond donors (Lipinski definition) is 0. The molecule has 0 spiro atoms. The molecular weight excluding hydrogens is 525 g/mol. The molecule has 3 rings (SSSR count). The molecular formula is C28H39N5Sn. The number of nitrogens with zero attached hydrogens (tertiary/aromatic N) is 5. The maximum atomic E-state index is 7.26. The number of hydrogen-bond acceptors (Lipinski definition) is 3. The van der Waals surface area contributed by atoms with Gasteiger partial charge in [-0.05, 0) is 0 Å². The zero-order chi connectivity index (χ0) is 24.2. The predicted molar refractivity (Wildman–Crippen MR) is 145 cm³/mol. The van der Waals surface area contributed by atoms with Crippen molar-refractivity contribution in [2.75, 3.05) is 5.01 Å². The van der Waals surface area contributed by atoms with Crippen molar-refractivity contribution in [2.45, 2.75) is 79.2 Å². The van der Waals surface area contributed by atoms with Crippen molar-refractivity contribution in [1.29, 1.82) is 0 Å². The molecule has 0 aliphatic rings. The van der Waals surface area contributed by atoms with Crippen LogP contribution in [-0.4, -0.2) is 33.3 Å². The molecule has 5 nitrogen and oxygen atoms in total. The summed E-state index contributed by atoms with van der Waals surface area (Å²) in [6, 6.07) is 17.3. The fourth-order valence-corrected chi connectivity index (χ4v) is 21.0. The minimum atomic E-state index is -2.49. The van der Waals surface area contributed by atoms with Crippen LogP contribution in [0.2, 0.25) is 13.3 Å². The average Bonchev–Trinajstić information content (AvgIpc) is 3.42. The van der Waals surface area contributed by atoms with Crippen LogP contribution in [0.1, 0.15) is 64.9 Å². The van der Waals surface area contributed by atoms with E-state index in [1.54, 1.807) is 16.2 Å². The van der Waals surface area contributed by atoms with Crippen LogP contribution in [-0.2, 0) is 6.54 Å². The standard InChI is InChI=1S/C16H12N5.3C4H9.Sn/c1-17-15-7-9-16(10-8-15)21(20-12-18-19-13-20)11-14-5-3-2-4-6-14;3*1-3-4-2;/h2-3,5-10,12-13H,11H2;3*1,3-4H2,2H3;. The summed E-state index contributed by atoms with van der Waals surface area (Å²) in [6.45, 7) is 15.0. The molecule has 0 amide bonds. The summed E-state index contributed by atoms with van der Waals surface area (Å²) < 4.78 is 8.06. The number of benzene rings is 2. The third-order valence-electron chi connectivity index (χ3n) is 6.86. The van der Waals surface area contributed by atoms with Crippen LogP contribution < -0.4 is 8.59 Å². The van der Waals surface area contributed by atoms with E-state index in [1.807, 2.05) is 28.9 Å². The Labute approximate surface area is 209 Å². The van der Waals surface area contributed by atoms with Crippen molar-refractivity contribution in [1.82, 2.24) is 14.9 Å². The van der Waals surface area contributed by atoms with E-state index in [9.17, 15) is 0 Å². The van der Waals surface area contributed by atoms with Crippen molar-refractivity contribution in [3.8, 4) is 0 Å². The molecule has 1 heterocycles. The van der Waals surface area contributed by atoms with Gasteiger partial charge in [0.05, 0.1) is 0 Å². The Morgan fingerprint density at radius 3 is 1.97 bits per heavy atom. The minimum absolute atomic E-state index is 0.649. The van der Waals surface area contributed by atoms with Gasteiger partial charge in [0.25, 0.3) is 0 Å². The van der Waals surface area contributed by atoms with Crippen LogP contribution in [0.25, 0.3) is 4.85 Å². The first-order chi connectivity index (χ1) is 16.7. The van der Waals surface area contributed by atoms with E-state index in [0.717, 1.165) is 12.2 Å². The van der Waals surface area contributed by atoms with Crippen molar-refractivity contribution in [3.63, 3.8) is 0 Å². The van der Waals surface area contributed by atoms with Crippen molar-refractivity contribution < 1.29 is 0 Å². The van der Waals surface area contributed by atoms with Crippen LogP contribution >= 0.6 is 0 Å². The summed E-state index contributed by atoms with van der Waals surface area (Å²) in [7, 11) is 0. The average molecular weight is 564 g/mol. The van der Waals surface area contributed by atoms with E-state index < -0.39 is 18.4 Å². The molecule has 0 aliphatic carbocycles. The summed E-state index contributed by atoms with van der Waals surface area (Å²) in [5.74, 6) is 0. The van der Waals surface area contributed by atoms with Crippen LogP contribution in [0.3, 0.4) is 0 Å². The summed E-state index contributed by atoms with van der Waals surface area (Å²) in [4.78, 5) is 3.54. The van der Waals surface area contributed by atoms with Gasteiger partial charge in [-0.3, -0.25) is 0 Å². The zero-order valence-electron chi connectivity index (χ0n) is 21.1. The Kier molecular flexibility index (Phi) is 10.5. The molecule has 6 heteroatoms. The normalized spacial score (nSPS) is 11.4. The van der Waals surface area contributed by atoms with Gasteiger partial charge in [0, 0.05) is 0 Å². The second kappa shape index (κ2) is 13.5. The van der Waals surface area contributed by atoms with Crippen LogP contribution in [0, 0.1) is 6.57 Å². The molecule has 0 atom stereocenters. The van der Waals surface area contributed by atoms with E-state index >= 15 is 0 Å². The number of unbranched alkanes of at least 4 members (excludes halogenated alkanes) is 3. The van der Waals surface area contributed by atoms with Crippen molar-refractivity contribution >= 4 is 33.3 Å². The van der Waals surface area contributed by atoms with Gasteiger partial charge in [-0.2, -0.15) is 0 Å². The summed E-state index contributed by atoms with van der Waals surface area (Å²) >= 11 is -2.49. The first-order valence-electron chi connectivity index (χ1n) is 12.8. The first-order valence-corrected chi connectivity index (χ1v) is 20.3. The topological polar surface area (TPSA) is 38.3 Å². The molecule has 0 saturated heterocycles. The summed E-state index contributed by atoms with van der Waals surface area (Å²) in [5, 5.41) is 10.2. The quantitative estimate of drug-likeness (QED) is 0.152. The van der Waals surface area contributed by atoms with Gasteiger partial charge in [0.15, 0.2) is 0 Å². The number of anilines is 1. The van der Waals surface area contributed by atoms with Crippen LogP contribution in [0.15, 0.2) is 61.2 Å². The molecule has 0 radical (unpaired) electrons. The van der Waals surface area contributed by atoms with Gasteiger partial charge in [-0.1, -0.05) is 0 Å². The Bertz CT molecular complexity index is 1000. The van der Waals surface area contributed by atoms with Crippen LogP contribution in [0.5, 0.6) is 0 Å². The van der Waals surface area contributed by atoms with Gasteiger partial charge in [0.1, 0.15) is 0 Å². The molecule has 0 bridgehead atoms. The third kappa shape index (κ3) is 6.85. The molecule has 0 saturated carbocycles. The van der Waals surface area contributed by atoms with E-state index in [1.165, 1.54) is 57.4 Å². The molecule has 1 aromatic heterocycles. The van der Waals surface area contributed by atoms with E-state index in [0.29, 0.717) is 5.69 Å². The maximum absolute atomic E-state index is 7.26. The Balaban J connectivity index is 1.95. The fourth-order valence-electron chi connectivity index (χ4n) is 4.85. The van der Waals surface area contributed by atoms with Crippen molar-refractivity contribution in [2.24, 2.45) is 0 Å². The third-order valence-corrected chi connectivity index (χ3v) is 22.5. The molecule has 180 valence electrons. The Morgan fingerprint density at radius 2 is 1.44 bits per heavy atom. The van der Waals surface area contributed by atoms with Gasteiger partial charge in [-0.15, -0.1) is 0 Å². The second-order valence-electron chi connectivity index (χ2n) is 9.32. The number of rotatable bonds is 14. The monoisotopic (exact) mass is 565 g/mol. The van der Waals surface area contributed by atoms with E-state index in [-0.39, 0.29) is 0 Å². The number of aromatic nitrogens is 3. The molecule has 0 aliphatic heterocycles. The van der Waals surface area contributed by atoms with Gasteiger partial charge in [-0.25, -0.2) is 0 Å². The predicted octanol–water partition coefficient (Wildman–Crippen LogP) is 7.35. The summed E-state index contributed by atoms with van der Waals surface area (Å²) in [5.41, 5.74) is 3.00. The molecule has 2 aromatic carbocycles. The van der Waals surface area contributed by atoms with Gasteiger partial charge < -0.3 is 0 Å². The van der Waals surface area contributed by atoms with Gasteiger partial charge >= 0.3 is 211 Å². The van der Waals surface area contributed by atoms with Gasteiger partial charge in [0.2, 0.25) is 0 Å². The van der Waals surface area contributed by atoms with Crippen LogP contribution in [0.4, 0.5) is 11.4 Å². The zero-order valence-corrected chi connectivity index (χ0v) is 23.9. The fraction of sp³-hybridized carbons (Fsp3) is 0.464. The molecule has 0 unspecified atom stereocenters. The van der Waals surface area contributed by atoms with Crippen molar-refractivity contribution in [3.05, 3.63) is 78.2 Å². The second-order valence-corrected chi connectivity index (χ2v) is 22.6.